The third-order valence-electron chi connectivity index (χ3n) is 2.73. The third kappa shape index (κ3) is 3.27. The van der Waals surface area contributed by atoms with Gasteiger partial charge in [-0.3, -0.25) is 0 Å². The topological polar surface area (TPSA) is 34.1 Å². The average Bonchev–Trinajstić information content (AvgIpc) is 2.47. The van der Waals surface area contributed by atoms with Gasteiger partial charge in [0.2, 0.25) is 9.84 Å². The molecule has 0 aliphatic rings. The molecule has 0 aliphatic carbocycles. The maximum atomic E-state index is 12.5. The Morgan fingerprint density at radius 3 is 1.58 bits per heavy atom. The Hall–Kier alpha value is -0.650. The van der Waals surface area contributed by atoms with Crippen LogP contribution in [0.2, 0.25) is 0 Å². The van der Waals surface area contributed by atoms with Gasteiger partial charge in [-0.1, -0.05) is 56.1 Å². The monoisotopic (exact) mass is 402 g/mol. The van der Waals surface area contributed by atoms with Gasteiger partial charge >= 0.3 is 0 Å². The first-order chi connectivity index (χ1) is 9.07. The van der Waals surface area contributed by atoms with E-state index in [4.69, 9.17) is 0 Å². The molecule has 2 aromatic rings. The van der Waals surface area contributed by atoms with Crippen molar-refractivity contribution in [1.29, 1.82) is 0 Å². The zero-order valence-corrected chi connectivity index (χ0v) is 14.0. The number of alkyl halides is 2. The number of sulfone groups is 1. The van der Waals surface area contributed by atoms with Crippen LogP contribution in [0.3, 0.4) is 0 Å². The Kier molecular flexibility index (Phi) is 4.81. The summed E-state index contributed by atoms with van der Waals surface area (Å²) in [5, 5.41) is 1.27. The van der Waals surface area contributed by atoms with Crippen molar-refractivity contribution >= 4 is 41.7 Å². The highest BCUT2D eigenvalue weighted by molar-refractivity contribution is 9.08. The SMILES string of the molecule is O=S(=O)(c1cccc(CBr)c1)c1cccc(CBr)c1. The van der Waals surface area contributed by atoms with Gasteiger partial charge < -0.3 is 0 Å². The van der Waals surface area contributed by atoms with Crippen LogP contribution in [-0.4, -0.2) is 8.42 Å². The van der Waals surface area contributed by atoms with Gasteiger partial charge in [0.1, 0.15) is 0 Å². The lowest BCUT2D eigenvalue weighted by Gasteiger charge is -2.07. The molecule has 5 heteroatoms. The van der Waals surface area contributed by atoms with E-state index < -0.39 is 9.84 Å². The van der Waals surface area contributed by atoms with Gasteiger partial charge in [-0.05, 0) is 35.4 Å². The lowest BCUT2D eigenvalue weighted by molar-refractivity contribution is 0.596. The molecule has 2 rings (SSSR count). The number of halogens is 2. The van der Waals surface area contributed by atoms with Gasteiger partial charge in [0.05, 0.1) is 9.79 Å². The molecule has 2 aromatic carbocycles. The summed E-state index contributed by atoms with van der Waals surface area (Å²) in [7, 11) is -3.45. The van der Waals surface area contributed by atoms with Crippen LogP contribution in [0.15, 0.2) is 58.3 Å². The van der Waals surface area contributed by atoms with Crippen LogP contribution in [0.25, 0.3) is 0 Å². The van der Waals surface area contributed by atoms with Crippen LogP contribution in [0, 0.1) is 0 Å². The van der Waals surface area contributed by atoms with Crippen molar-refractivity contribution in [2.75, 3.05) is 0 Å². The van der Waals surface area contributed by atoms with E-state index in [0.29, 0.717) is 20.5 Å². The molecular weight excluding hydrogens is 392 g/mol. The average molecular weight is 404 g/mol. The molecule has 0 saturated heterocycles. The Morgan fingerprint density at radius 2 is 1.21 bits per heavy atom. The third-order valence-corrected chi connectivity index (χ3v) is 5.77. The molecule has 0 aromatic heterocycles. The molecule has 0 spiro atoms. The van der Waals surface area contributed by atoms with E-state index in [1.54, 1.807) is 36.4 Å². The van der Waals surface area contributed by atoms with E-state index in [2.05, 4.69) is 31.9 Å². The molecule has 0 amide bonds. The first kappa shape index (κ1) is 14.8. The van der Waals surface area contributed by atoms with E-state index >= 15 is 0 Å². The van der Waals surface area contributed by atoms with Crippen molar-refractivity contribution < 1.29 is 8.42 Å². The molecule has 0 radical (unpaired) electrons. The molecule has 2 nitrogen and oxygen atoms in total. The van der Waals surface area contributed by atoms with Crippen molar-refractivity contribution in [2.24, 2.45) is 0 Å². The maximum absolute atomic E-state index is 12.5. The quantitative estimate of drug-likeness (QED) is 0.712. The predicted molar refractivity (Wildman–Crippen MR) is 83.6 cm³/mol. The van der Waals surface area contributed by atoms with Crippen LogP contribution in [-0.2, 0) is 20.5 Å². The second kappa shape index (κ2) is 6.20. The second-order valence-electron chi connectivity index (χ2n) is 4.07. The van der Waals surface area contributed by atoms with Crippen LogP contribution >= 0.6 is 31.9 Å². The zero-order chi connectivity index (χ0) is 13.9. The molecule has 0 saturated carbocycles. The fourth-order valence-corrected chi connectivity index (χ4v) is 3.83. The van der Waals surface area contributed by atoms with Gasteiger partial charge in [0.25, 0.3) is 0 Å². The van der Waals surface area contributed by atoms with Crippen molar-refractivity contribution in [1.82, 2.24) is 0 Å². The summed E-state index contributed by atoms with van der Waals surface area (Å²) >= 11 is 6.67. The van der Waals surface area contributed by atoms with Crippen LogP contribution in [0.1, 0.15) is 11.1 Å². The maximum Gasteiger partial charge on any atom is 0.206 e. The van der Waals surface area contributed by atoms with E-state index in [1.165, 1.54) is 0 Å². The van der Waals surface area contributed by atoms with Crippen LogP contribution in [0.4, 0.5) is 0 Å². The first-order valence-electron chi connectivity index (χ1n) is 5.63. The first-order valence-corrected chi connectivity index (χ1v) is 9.35. The zero-order valence-electron chi connectivity index (χ0n) is 10.0. The molecule has 0 fully saturated rings. The second-order valence-corrected chi connectivity index (χ2v) is 7.14. The number of rotatable bonds is 4. The molecule has 19 heavy (non-hydrogen) atoms. The minimum Gasteiger partial charge on any atom is -0.219 e. The molecule has 0 bridgehead atoms. The predicted octanol–water partition coefficient (Wildman–Crippen LogP) is 4.31. The number of benzene rings is 2. The fraction of sp³-hybridized carbons (Fsp3) is 0.143. The standard InChI is InChI=1S/C14H12Br2O2S/c15-9-11-3-1-5-13(7-11)19(17,18)14-6-2-4-12(8-14)10-16/h1-8H,9-10H2. The van der Waals surface area contributed by atoms with E-state index in [0.717, 1.165) is 11.1 Å². The van der Waals surface area contributed by atoms with Gasteiger partial charge in [0.15, 0.2) is 0 Å². The van der Waals surface area contributed by atoms with E-state index in [-0.39, 0.29) is 0 Å². The summed E-state index contributed by atoms with van der Waals surface area (Å²) in [5.74, 6) is 0. The number of hydrogen-bond donors (Lipinski definition) is 0. The summed E-state index contributed by atoms with van der Waals surface area (Å²) in [6.45, 7) is 0. The summed E-state index contributed by atoms with van der Waals surface area (Å²) in [4.78, 5) is 0.660. The van der Waals surface area contributed by atoms with Crippen LogP contribution in [0.5, 0.6) is 0 Å². The molecule has 0 atom stereocenters. The van der Waals surface area contributed by atoms with Gasteiger partial charge in [-0.2, -0.15) is 0 Å². The molecule has 0 unspecified atom stereocenters. The Bertz CT molecular complexity index is 628. The van der Waals surface area contributed by atoms with Crippen molar-refractivity contribution in [3.8, 4) is 0 Å². The van der Waals surface area contributed by atoms with Gasteiger partial charge in [0, 0.05) is 10.7 Å². The smallest absolute Gasteiger partial charge is 0.206 e. The van der Waals surface area contributed by atoms with Gasteiger partial charge in [-0.15, -0.1) is 0 Å². The highest BCUT2D eigenvalue weighted by atomic mass is 79.9. The Labute approximate surface area is 130 Å². The lowest BCUT2D eigenvalue weighted by Crippen LogP contribution is -2.03. The molecule has 0 aliphatic heterocycles. The molecule has 0 heterocycles. The van der Waals surface area contributed by atoms with E-state index in [1.807, 2.05) is 12.1 Å². The normalized spacial score (nSPS) is 11.5. The minimum absolute atomic E-state index is 0.330. The van der Waals surface area contributed by atoms with E-state index in [9.17, 15) is 8.42 Å². The summed E-state index contributed by atoms with van der Waals surface area (Å²) in [6, 6.07) is 14.0. The molecular formula is C14H12Br2O2S. The highest BCUT2D eigenvalue weighted by Crippen LogP contribution is 2.23. The lowest BCUT2D eigenvalue weighted by atomic mass is 10.2. The summed E-state index contributed by atoms with van der Waals surface area (Å²) in [5.41, 5.74) is 1.88. The van der Waals surface area contributed by atoms with Crippen molar-refractivity contribution in [2.45, 2.75) is 20.5 Å². The van der Waals surface area contributed by atoms with Gasteiger partial charge in [-0.25, -0.2) is 8.42 Å². The largest absolute Gasteiger partial charge is 0.219 e. The number of hydrogen-bond acceptors (Lipinski definition) is 2. The highest BCUT2D eigenvalue weighted by Gasteiger charge is 2.17. The Balaban J connectivity index is 2.51. The summed E-state index contributed by atoms with van der Waals surface area (Å²) in [6.07, 6.45) is 0. The minimum atomic E-state index is -3.45. The van der Waals surface area contributed by atoms with Crippen molar-refractivity contribution in [3.05, 3.63) is 59.7 Å². The Morgan fingerprint density at radius 1 is 0.789 bits per heavy atom. The van der Waals surface area contributed by atoms with Crippen LogP contribution < -0.4 is 0 Å². The summed E-state index contributed by atoms with van der Waals surface area (Å²) < 4.78 is 25.1. The fourth-order valence-electron chi connectivity index (χ4n) is 1.73. The molecule has 100 valence electrons. The molecule has 0 N–H and O–H groups in total. The van der Waals surface area contributed by atoms with Crippen molar-refractivity contribution in [3.63, 3.8) is 0 Å².